The van der Waals surface area contributed by atoms with Gasteiger partial charge in [0.1, 0.15) is 11.2 Å². The van der Waals surface area contributed by atoms with Crippen LogP contribution in [-0.4, -0.2) is 54.3 Å². The van der Waals surface area contributed by atoms with Gasteiger partial charge < -0.3 is 24.8 Å². The van der Waals surface area contributed by atoms with E-state index in [2.05, 4.69) is 44.5 Å². The summed E-state index contributed by atoms with van der Waals surface area (Å²) in [6.07, 6.45) is 7.07. The number of carbonyl (C=O) groups is 1. The van der Waals surface area contributed by atoms with E-state index in [-0.39, 0.29) is 24.3 Å². The van der Waals surface area contributed by atoms with Crippen molar-refractivity contribution < 1.29 is 19.7 Å². The maximum atomic E-state index is 12.6. The Morgan fingerprint density at radius 3 is 2.68 bits per heavy atom. The minimum Gasteiger partial charge on any atom is -0.503 e. The first kappa shape index (κ1) is 26.6. The first-order chi connectivity index (χ1) is 17.5. The number of amides is 1. The minimum absolute atomic E-state index is 0.154. The average Bonchev–Trinajstić information content (AvgIpc) is 3.43. The lowest BCUT2D eigenvalue weighted by atomic mass is 9.97. The van der Waals surface area contributed by atoms with Crippen molar-refractivity contribution in [1.29, 1.82) is 0 Å². The van der Waals surface area contributed by atoms with Crippen molar-refractivity contribution in [2.45, 2.75) is 77.3 Å². The number of hydrogen-bond acceptors (Lipinski definition) is 8. The van der Waals surface area contributed by atoms with Crippen LogP contribution in [0.15, 0.2) is 35.5 Å². The van der Waals surface area contributed by atoms with Crippen LogP contribution in [0.1, 0.15) is 63.9 Å². The number of nitrogens with zero attached hydrogens (tertiary/aromatic N) is 4. The molecule has 1 unspecified atom stereocenters. The Balaban J connectivity index is 1.52. The van der Waals surface area contributed by atoms with Gasteiger partial charge in [-0.25, -0.2) is 9.78 Å². The number of hydrogen-bond donors (Lipinski definition) is 4. The normalized spacial score (nSPS) is 16.1. The van der Waals surface area contributed by atoms with E-state index in [9.17, 15) is 19.8 Å². The fraction of sp³-hybridized carbons (Fsp3) is 0.538. The van der Waals surface area contributed by atoms with Gasteiger partial charge in [0, 0.05) is 30.9 Å². The molecule has 0 aliphatic heterocycles. The molecule has 11 heteroatoms. The lowest BCUT2D eigenvalue weighted by molar-refractivity contribution is 0.0523. The highest BCUT2D eigenvalue weighted by molar-refractivity contribution is 5.80. The van der Waals surface area contributed by atoms with E-state index in [1.807, 2.05) is 6.07 Å². The first-order valence-corrected chi connectivity index (χ1v) is 12.6. The highest BCUT2D eigenvalue weighted by atomic mass is 16.6. The second kappa shape index (κ2) is 10.5. The molecule has 37 heavy (non-hydrogen) atoms. The SMILES string of the molecule is Cc1cn(C2(Cn3cc(O)c(=O)c(C(O)NCCNC(=O)OC(C)(C)C)n3)CCCC2)c2ncccc12. The Morgan fingerprint density at radius 2 is 1.97 bits per heavy atom. The summed E-state index contributed by atoms with van der Waals surface area (Å²) in [5, 5.41) is 31.8. The number of rotatable bonds is 8. The van der Waals surface area contributed by atoms with Crippen LogP contribution in [0.3, 0.4) is 0 Å². The van der Waals surface area contributed by atoms with Gasteiger partial charge in [0.2, 0.25) is 5.43 Å². The lowest BCUT2D eigenvalue weighted by Gasteiger charge is -2.32. The minimum atomic E-state index is -1.43. The topological polar surface area (TPSA) is 144 Å². The Labute approximate surface area is 215 Å². The zero-order valence-corrected chi connectivity index (χ0v) is 21.8. The van der Waals surface area contributed by atoms with Gasteiger partial charge >= 0.3 is 6.09 Å². The predicted molar refractivity (Wildman–Crippen MR) is 138 cm³/mol. The summed E-state index contributed by atoms with van der Waals surface area (Å²) in [6, 6.07) is 3.98. The Morgan fingerprint density at radius 1 is 1.24 bits per heavy atom. The number of pyridine rings is 1. The van der Waals surface area contributed by atoms with Crippen LogP contribution in [0.4, 0.5) is 4.79 Å². The van der Waals surface area contributed by atoms with E-state index in [4.69, 9.17) is 4.74 Å². The number of fused-ring (bicyclic) bond motifs is 1. The van der Waals surface area contributed by atoms with E-state index in [1.54, 1.807) is 27.0 Å². The van der Waals surface area contributed by atoms with Crippen LogP contribution in [-0.2, 0) is 16.8 Å². The molecule has 4 N–H and O–H groups in total. The summed E-state index contributed by atoms with van der Waals surface area (Å²) in [4.78, 5) is 29.0. The van der Waals surface area contributed by atoms with Crippen LogP contribution in [0.5, 0.6) is 5.75 Å². The number of alkyl carbamates (subject to hydrolysis) is 1. The molecule has 1 amide bonds. The number of aryl methyl sites for hydroxylation is 1. The van der Waals surface area contributed by atoms with Crippen molar-refractivity contribution in [2.75, 3.05) is 13.1 Å². The number of aliphatic hydroxyl groups is 1. The third-order valence-corrected chi connectivity index (χ3v) is 6.63. The predicted octanol–water partition coefficient (Wildman–Crippen LogP) is 2.68. The van der Waals surface area contributed by atoms with Crippen LogP contribution >= 0.6 is 0 Å². The summed E-state index contributed by atoms with van der Waals surface area (Å²) < 4.78 is 8.91. The molecule has 3 aromatic heterocycles. The molecule has 3 aromatic rings. The molecule has 1 aliphatic rings. The maximum absolute atomic E-state index is 12.6. The van der Waals surface area contributed by atoms with Crippen molar-refractivity contribution in [3.63, 3.8) is 0 Å². The lowest BCUT2D eigenvalue weighted by Crippen LogP contribution is -2.39. The molecule has 0 spiro atoms. The molecule has 1 saturated carbocycles. The Bertz CT molecular complexity index is 1320. The monoisotopic (exact) mass is 512 g/mol. The highest BCUT2D eigenvalue weighted by Crippen LogP contribution is 2.40. The van der Waals surface area contributed by atoms with E-state index >= 15 is 0 Å². The molecule has 0 bridgehead atoms. The molecule has 11 nitrogen and oxygen atoms in total. The van der Waals surface area contributed by atoms with E-state index in [1.165, 1.54) is 10.9 Å². The number of aromatic nitrogens is 4. The fourth-order valence-electron chi connectivity index (χ4n) is 4.98. The molecule has 0 saturated heterocycles. The molecule has 1 fully saturated rings. The first-order valence-electron chi connectivity index (χ1n) is 12.6. The molecule has 1 atom stereocenters. The van der Waals surface area contributed by atoms with Gasteiger partial charge in [0.15, 0.2) is 17.7 Å². The number of nitrogens with one attached hydrogen (secondary N) is 2. The zero-order valence-electron chi connectivity index (χ0n) is 21.8. The quantitative estimate of drug-likeness (QED) is 0.266. The third kappa shape index (κ3) is 5.94. The molecule has 4 rings (SSSR count). The van der Waals surface area contributed by atoms with E-state index in [0.717, 1.165) is 42.3 Å². The summed E-state index contributed by atoms with van der Waals surface area (Å²) in [5.41, 5.74) is 0.115. The number of carbonyl (C=O) groups excluding carboxylic acids is 1. The van der Waals surface area contributed by atoms with E-state index in [0.29, 0.717) is 6.54 Å². The van der Waals surface area contributed by atoms with Crippen molar-refractivity contribution in [2.24, 2.45) is 0 Å². The largest absolute Gasteiger partial charge is 0.503 e. The molecule has 1 aliphatic carbocycles. The standard InChI is InChI=1S/C26H36N6O5/c1-17-14-32(22-18(17)8-7-11-27-22)26(9-5-6-10-26)16-31-15-19(33)21(34)20(30-31)23(35)28-12-13-29-24(36)37-25(2,3)4/h7-8,11,14-15,23,28,33,35H,5-6,9-10,12-13,16H2,1-4H3,(H,29,36). The average molecular weight is 513 g/mol. The van der Waals surface area contributed by atoms with Gasteiger partial charge in [-0.2, -0.15) is 5.10 Å². The van der Waals surface area contributed by atoms with Crippen LogP contribution in [0.25, 0.3) is 11.0 Å². The summed E-state index contributed by atoms with van der Waals surface area (Å²) in [5.74, 6) is -0.488. The number of ether oxygens (including phenoxy) is 1. The van der Waals surface area contributed by atoms with Crippen LogP contribution < -0.4 is 16.1 Å². The molecular weight excluding hydrogens is 476 g/mol. The van der Waals surface area contributed by atoms with Gasteiger partial charge in [0.25, 0.3) is 0 Å². The second-order valence-corrected chi connectivity index (χ2v) is 10.7. The van der Waals surface area contributed by atoms with Gasteiger partial charge in [-0.3, -0.25) is 14.8 Å². The van der Waals surface area contributed by atoms with Crippen LogP contribution in [0.2, 0.25) is 0 Å². The van der Waals surface area contributed by atoms with E-state index < -0.39 is 29.1 Å². The van der Waals surface area contributed by atoms with Crippen molar-refractivity contribution >= 4 is 17.1 Å². The number of aliphatic hydroxyl groups excluding tert-OH is 1. The summed E-state index contributed by atoms with van der Waals surface area (Å²) in [6.45, 7) is 8.07. The highest BCUT2D eigenvalue weighted by Gasteiger charge is 2.38. The number of aromatic hydroxyl groups is 1. The summed E-state index contributed by atoms with van der Waals surface area (Å²) >= 11 is 0. The van der Waals surface area contributed by atoms with Crippen molar-refractivity contribution in [3.8, 4) is 5.75 Å². The molecule has 3 heterocycles. The van der Waals surface area contributed by atoms with Gasteiger partial charge in [0.05, 0.1) is 18.3 Å². The maximum Gasteiger partial charge on any atom is 0.407 e. The molecular formula is C26H36N6O5. The zero-order chi connectivity index (χ0) is 26.8. The molecule has 200 valence electrons. The third-order valence-electron chi connectivity index (χ3n) is 6.63. The smallest absolute Gasteiger partial charge is 0.407 e. The Hall–Kier alpha value is -3.44. The molecule has 0 aromatic carbocycles. The summed E-state index contributed by atoms with van der Waals surface area (Å²) in [7, 11) is 0. The van der Waals surface area contributed by atoms with Crippen molar-refractivity contribution in [1.82, 2.24) is 30.0 Å². The molecule has 0 radical (unpaired) electrons. The second-order valence-electron chi connectivity index (χ2n) is 10.7. The van der Waals surface area contributed by atoms with Gasteiger partial charge in [-0.15, -0.1) is 0 Å². The fourth-order valence-corrected chi connectivity index (χ4v) is 4.98. The van der Waals surface area contributed by atoms with Gasteiger partial charge in [-0.1, -0.05) is 12.8 Å². The van der Waals surface area contributed by atoms with Crippen LogP contribution in [0, 0.1) is 6.92 Å². The van der Waals surface area contributed by atoms with Gasteiger partial charge in [-0.05, 0) is 58.2 Å². The van der Waals surface area contributed by atoms with Crippen molar-refractivity contribution in [3.05, 3.63) is 52.2 Å². The Kier molecular flexibility index (Phi) is 7.56.